The van der Waals surface area contributed by atoms with Gasteiger partial charge in [-0.3, -0.25) is 4.98 Å². The minimum absolute atomic E-state index is 0.412. The van der Waals surface area contributed by atoms with Gasteiger partial charge in [0.2, 0.25) is 0 Å². The third kappa shape index (κ3) is 3.17. The van der Waals surface area contributed by atoms with E-state index in [2.05, 4.69) is 9.88 Å². The number of nitrogen functional groups attached to an aromatic ring is 1. The van der Waals surface area contributed by atoms with Crippen molar-refractivity contribution in [2.45, 2.75) is 12.8 Å². The zero-order chi connectivity index (χ0) is 18.3. The summed E-state index contributed by atoms with van der Waals surface area (Å²) in [7, 11) is 0. The summed E-state index contributed by atoms with van der Waals surface area (Å²) in [6.07, 6.45) is 4.16. The Bertz CT molecular complexity index is 960. The van der Waals surface area contributed by atoms with Gasteiger partial charge in [-0.2, -0.15) is 0 Å². The lowest BCUT2D eigenvalue weighted by atomic mass is 9.73. The number of benzene rings is 2. The lowest BCUT2D eigenvalue weighted by molar-refractivity contribution is -0.000454. The maximum atomic E-state index is 5.92. The van der Waals surface area contributed by atoms with Gasteiger partial charge in [-0.1, -0.05) is 0 Å². The van der Waals surface area contributed by atoms with E-state index >= 15 is 0 Å². The lowest BCUT2D eigenvalue weighted by Gasteiger charge is -2.52. The van der Waals surface area contributed by atoms with E-state index in [0.717, 1.165) is 67.5 Å². The van der Waals surface area contributed by atoms with Crippen LogP contribution >= 0.6 is 0 Å². The number of hydrogen-bond donors (Lipinski definition) is 1. The van der Waals surface area contributed by atoms with E-state index < -0.39 is 0 Å². The molecule has 2 aliphatic rings. The largest absolute Gasteiger partial charge is 0.457 e. The Kier molecular flexibility index (Phi) is 3.86. The fourth-order valence-corrected chi connectivity index (χ4v) is 3.92. The Morgan fingerprint density at radius 2 is 1.70 bits per heavy atom. The zero-order valence-corrected chi connectivity index (χ0v) is 15.1. The van der Waals surface area contributed by atoms with Gasteiger partial charge in [0.15, 0.2) is 0 Å². The molecule has 6 nitrogen and oxygen atoms in total. The fourth-order valence-electron chi connectivity index (χ4n) is 3.92. The first-order valence-electron chi connectivity index (χ1n) is 9.32. The minimum atomic E-state index is 0.412. The van der Waals surface area contributed by atoms with Crippen LogP contribution in [-0.4, -0.2) is 36.3 Å². The number of hydrogen-bond acceptors (Lipinski definition) is 6. The Morgan fingerprint density at radius 1 is 0.963 bits per heavy atom. The molecular formula is C21H22N4O2. The summed E-state index contributed by atoms with van der Waals surface area (Å²) in [6, 6.07) is 13.1. The molecule has 3 aromatic rings. The minimum Gasteiger partial charge on any atom is -0.457 e. The van der Waals surface area contributed by atoms with Crippen LogP contribution in [0, 0.1) is 5.41 Å². The first-order valence-corrected chi connectivity index (χ1v) is 9.32. The molecule has 3 heterocycles. The van der Waals surface area contributed by atoms with Crippen LogP contribution in [0.2, 0.25) is 0 Å². The van der Waals surface area contributed by atoms with Gasteiger partial charge in [0.05, 0.1) is 17.2 Å². The summed E-state index contributed by atoms with van der Waals surface area (Å²) >= 11 is 0. The van der Waals surface area contributed by atoms with Gasteiger partial charge >= 0.3 is 0 Å². The standard InChI is InChI=1S/C21H22N4O2/c22-15-1-3-16(4-2-15)27-17-5-6-18-19(11-17)24-20(12-23-18)25-13-21(14-25)7-9-26-10-8-21/h1-6,11-12H,7-10,13-14,22H2. The Morgan fingerprint density at radius 3 is 2.48 bits per heavy atom. The number of fused-ring (bicyclic) bond motifs is 1. The molecule has 2 N–H and O–H groups in total. The van der Waals surface area contributed by atoms with Crippen molar-refractivity contribution in [1.82, 2.24) is 9.97 Å². The Hall–Kier alpha value is -2.86. The molecule has 6 heteroatoms. The van der Waals surface area contributed by atoms with E-state index in [1.54, 1.807) is 0 Å². The van der Waals surface area contributed by atoms with Gasteiger partial charge < -0.3 is 20.1 Å². The van der Waals surface area contributed by atoms with Crippen molar-refractivity contribution in [3.63, 3.8) is 0 Å². The highest BCUT2D eigenvalue weighted by atomic mass is 16.5. The van der Waals surface area contributed by atoms with Crippen LogP contribution in [0.15, 0.2) is 48.7 Å². The van der Waals surface area contributed by atoms with Crippen molar-refractivity contribution in [2.75, 3.05) is 36.9 Å². The smallest absolute Gasteiger partial charge is 0.147 e. The van der Waals surface area contributed by atoms with E-state index in [1.165, 1.54) is 0 Å². The maximum Gasteiger partial charge on any atom is 0.147 e. The van der Waals surface area contributed by atoms with Crippen LogP contribution in [0.5, 0.6) is 11.5 Å². The first-order chi connectivity index (χ1) is 13.2. The molecule has 1 aromatic heterocycles. The van der Waals surface area contributed by atoms with Crippen LogP contribution < -0.4 is 15.4 Å². The predicted octanol–water partition coefficient (Wildman–Crippen LogP) is 3.62. The molecule has 0 bridgehead atoms. The second-order valence-electron chi connectivity index (χ2n) is 7.52. The number of anilines is 2. The highest BCUT2D eigenvalue weighted by Gasteiger charge is 2.44. The first kappa shape index (κ1) is 16.3. The average Bonchev–Trinajstić information content (AvgIpc) is 2.68. The third-order valence-electron chi connectivity index (χ3n) is 5.55. The summed E-state index contributed by atoms with van der Waals surface area (Å²) in [6.45, 7) is 3.84. The molecule has 0 amide bonds. The molecule has 0 radical (unpaired) electrons. The third-order valence-corrected chi connectivity index (χ3v) is 5.55. The molecule has 0 unspecified atom stereocenters. The molecule has 138 valence electrons. The van der Waals surface area contributed by atoms with Crippen molar-refractivity contribution in [1.29, 1.82) is 0 Å². The zero-order valence-electron chi connectivity index (χ0n) is 15.1. The average molecular weight is 362 g/mol. The van der Waals surface area contributed by atoms with Gasteiger partial charge in [-0.05, 0) is 49.2 Å². The summed E-state index contributed by atoms with van der Waals surface area (Å²) in [5, 5.41) is 0. The summed E-state index contributed by atoms with van der Waals surface area (Å²) in [5.41, 5.74) is 8.56. The summed E-state index contributed by atoms with van der Waals surface area (Å²) in [4.78, 5) is 11.7. The molecule has 0 atom stereocenters. The molecule has 1 spiro atoms. The monoisotopic (exact) mass is 362 g/mol. The summed E-state index contributed by atoms with van der Waals surface area (Å²) < 4.78 is 11.4. The van der Waals surface area contributed by atoms with Crippen molar-refractivity contribution in [3.05, 3.63) is 48.7 Å². The van der Waals surface area contributed by atoms with Gasteiger partial charge in [-0.25, -0.2) is 4.98 Å². The van der Waals surface area contributed by atoms with Crippen molar-refractivity contribution >= 4 is 22.5 Å². The number of aromatic nitrogens is 2. The van der Waals surface area contributed by atoms with Crippen LogP contribution in [0.25, 0.3) is 11.0 Å². The molecule has 5 rings (SSSR count). The second-order valence-corrected chi connectivity index (χ2v) is 7.52. The molecule has 2 saturated heterocycles. The van der Waals surface area contributed by atoms with E-state index in [0.29, 0.717) is 11.1 Å². The van der Waals surface area contributed by atoms with Crippen molar-refractivity contribution in [3.8, 4) is 11.5 Å². The van der Waals surface area contributed by atoms with E-state index in [9.17, 15) is 0 Å². The molecule has 0 aliphatic carbocycles. The summed E-state index contributed by atoms with van der Waals surface area (Å²) in [5.74, 6) is 2.42. The van der Waals surface area contributed by atoms with Crippen LogP contribution in [0.1, 0.15) is 12.8 Å². The van der Waals surface area contributed by atoms with Crippen LogP contribution in [-0.2, 0) is 4.74 Å². The van der Waals surface area contributed by atoms with Crippen LogP contribution in [0.4, 0.5) is 11.5 Å². The normalized spacial score (nSPS) is 18.4. The SMILES string of the molecule is Nc1ccc(Oc2ccc3ncc(N4CC5(CCOCC5)C4)nc3c2)cc1. The molecule has 2 fully saturated rings. The number of rotatable bonds is 3. The fraction of sp³-hybridized carbons (Fsp3) is 0.333. The second kappa shape index (κ2) is 6.39. The number of ether oxygens (including phenoxy) is 2. The molecular weight excluding hydrogens is 340 g/mol. The van der Waals surface area contributed by atoms with E-state index in [1.807, 2.05) is 48.7 Å². The molecule has 2 aliphatic heterocycles. The van der Waals surface area contributed by atoms with Gasteiger partial charge in [0.25, 0.3) is 0 Å². The predicted molar refractivity (Wildman–Crippen MR) is 105 cm³/mol. The number of nitrogens with two attached hydrogens (primary N) is 1. The van der Waals surface area contributed by atoms with E-state index in [4.69, 9.17) is 20.2 Å². The van der Waals surface area contributed by atoms with E-state index in [-0.39, 0.29) is 0 Å². The van der Waals surface area contributed by atoms with Gasteiger partial charge in [-0.15, -0.1) is 0 Å². The maximum absolute atomic E-state index is 5.92. The lowest BCUT2D eigenvalue weighted by Crippen LogP contribution is -2.58. The van der Waals surface area contributed by atoms with Gasteiger partial charge in [0, 0.05) is 43.5 Å². The topological polar surface area (TPSA) is 73.5 Å². The highest BCUT2D eigenvalue weighted by molar-refractivity contribution is 5.77. The molecule has 0 saturated carbocycles. The Balaban J connectivity index is 1.36. The Labute approximate surface area is 157 Å². The van der Waals surface area contributed by atoms with Crippen molar-refractivity contribution < 1.29 is 9.47 Å². The molecule has 2 aromatic carbocycles. The number of nitrogens with zero attached hydrogens (tertiary/aromatic N) is 3. The van der Waals surface area contributed by atoms with Gasteiger partial charge in [0.1, 0.15) is 17.3 Å². The van der Waals surface area contributed by atoms with Crippen molar-refractivity contribution in [2.24, 2.45) is 5.41 Å². The quantitative estimate of drug-likeness (QED) is 0.718. The molecule has 27 heavy (non-hydrogen) atoms. The highest BCUT2D eigenvalue weighted by Crippen LogP contribution is 2.41. The van der Waals surface area contributed by atoms with Crippen LogP contribution in [0.3, 0.4) is 0 Å².